The lowest BCUT2D eigenvalue weighted by Gasteiger charge is -2.46. The molecule has 2 atom stereocenters. The minimum Gasteiger partial charge on any atom is -0.314 e. The Morgan fingerprint density at radius 1 is 1.00 bits per heavy atom. The molecule has 1 aliphatic carbocycles. The highest BCUT2D eigenvalue weighted by Crippen LogP contribution is 2.29. The first-order valence-corrected chi connectivity index (χ1v) is 8.99. The van der Waals surface area contributed by atoms with E-state index in [2.05, 4.69) is 22.2 Å². The summed E-state index contributed by atoms with van der Waals surface area (Å²) in [5, 5.41) is 3.62. The summed E-state index contributed by atoms with van der Waals surface area (Å²) in [4.78, 5) is 5.36. The number of nitrogens with zero attached hydrogens (tertiary/aromatic N) is 2. The average molecular weight is 279 g/mol. The van der Waals surface area contributed by atoms with Gasteiger partial charge in [-0.2, -0.15) is 0 Å². The maximum absolute atomic E-state index is 3.62. The summed E-state index contributed by atoms with van der Waals surface area (Å²) in [7, 11) is 2.33. The SMILES string of the molecule is CN1CCCC2CN(CCCCCNC3CC3)CCC21. The highest BCUT2D eigenvalue weighted by Gasteiger charge is 2.33. The normalized spacial score (nSPS) is 32.2. The Morgan fingerprint density at radius 3 is 2.75 bits per heavy atom. The van der Waals surface area contributed by atoms with Gasteiger partial charge in [0.2, 0.25) is 0 Å². The summed E-state index contributed by atoms with van der Waals surface area (Å²) < 4.78 is 0. The molecule has 116 valence electrons. The molecule has 2 aliphatic heterocycles. The van der Waals surface area contributed by atoms with Crippen molar-refractivity contribution in [1.82, 2.24) is 15.1 Å². The predicted molar refractivity (Wildman–Crippen MR) is 85.1 cm³/mol. The first kappa shape index (κ1) is 14.8. The number of hydrogen-bond donors (Lipinski definition) is 1. The second-order valence-corrected chi connectivity index (χ2v) is 7.33. The fourth-order valence-corrected chi connectivity index (χ4v) is 4.16. The van der Waals surface area contributed by atoms with Crippen LogP contribution >= 0.6 is 0 Å². The first-order valence-electron chi connectivity index (χ1n) is 8.99. The summed E-state index contributed by atoms with van der Waals surface area (Å²) in [5.74, 6) is 0.957. The van der Waals surface area contributed by atoms with Crippen molar-refractivity contribution in [3.8, 4) is 0 Å². The molecule has 3 aliphatic rings. The van der Waals surface area contributed by atoms with Crippen molar-refractivity contribution in [3.63, 3.8) is 0 Å². The molecule has 1 saturated carbocycles. The zero-order valence-corrected chi connectivity index (χ0v) is 13.3. The molecule has 3 heteroatoms. The van der Waals surface area contributed by atoms with Crippen LogP contribution in [0.5, 0.6) is 0 Å². The molecule has 3 fully saturated rings. The average Bonchev–Trinajstić information content (AvgIpc) is 3.27. The second-order valence-electron chi connectivity index (χ2n) is 7.33. The smallest absolute Gasteiger partial charge is 0.0145 e. The van der Waals surface area contributed by atoms with E-state index in [1.807, 2.05) is 0 Å². The molecule has 0 aromatic heterocycles. The standard InChI is InChI=1S/C17H33N3/c1-19-11-5-6-15-14-20(13-9-17(15)19)12-4-2-3-10-18-16-7-8-16/h15-18H,2-14H2,1H3. The van der Waals surface area contributed by atoms with Crippen molar-refractivity contribution >= 4 is 0 Å². The lowest BCUT2D eigenvalue weighted by Crippen LogP contribution is -2.52. The van der Waals surface area contributed by atoms with Gasteiger partial charge < -0.3 is 15.1 Å². The van der Waals surface area contributed by atoms with Gasteiger partial charge in [0, 0.05) is 18.6 Å². The van der Waals surface area contributed by atoms with Crippen molar-refractivity contribution in [3.05, 3.63) is 0 Å². The van der Waals surface area contributed by atoms with E-state index in [4.69, 9.17) is 0 Å². The van der Waals surface area contributed by atoms with Crippen LogP contribution in [0.4, 0.5) is 0 Å². The van der Waals surface area contributed by atoms with Crippen LogP contribution in [0.15, 0.2) is 0 Å². The van der Waals surface area contributed by atoms with Gasteiger partial charge in [0.05, 0.1) is 0 Å². The van der Waals surface area contributed by atoms with Gasteiger partial charge in [-0.1, -0.05) is 6.42 Å². The molecule has 0 aromatic carbocycles. The summed E-state index contributed by atoms with van der Waals surface area (Å²) >= 11 is 0. The third kappa shape index (κ3) is 4.19. The molecule has 0 radical (unpaired) electrons. The Hall–Kier alpha value is -0.120. The van der Waals surface area contributed by atoms with Crippen LogP contribution in [-0.4, -0.2) is 61.7 Å². The molecule has 3 nitrogen and oxygen atoms in total. The lowest BCUT2D eigenvalue weighted by molar-refractivity contribution is 0.0380. The van der Waals surface area contributed by atoms with Crippen LogP contribution in [-0.2, 0) is 0 Å². The third-order valence-corrected chi connectivity index (χ3v) is 5.59. The van der Waals surface area contributed by atoms with Gasteiger partial charge in [-0.05, 0) is 84.1 Å². The molecule has 0 amide bonds. The van der Waals surface area contributed by atoms with Crippen LogP contribution in [0.25, 0.3) is 0 Å². The summed E-state index contributed by atoms with van der Waals surface area (Å²) in [6, 6.07) is 1.78. The second kappa shape index (κ2) is 7.24. The largest absolute Gasteiger partial charge is 0.314 e. The summed E-state index contributed by atoms with van der Waals surface area (Å²) in [5.41, 5.74) is 0. The number of piperidine rings is 2. The van der Waals surface area contributed by atoms with E-state index >= 15 is 0 Å². The van der Waals surface area contributed by atoms with E-state index in [9.17, 15) is 0 Å². The van der Waals surface area contributed by atoms with E-state index in [1.165, 1.54) is 84.1 Å². The summed E-state index contributed by atoms with van der Waals surface area (Å²) in [6.45, 7) is 6.63. The van der Waals surface area contributed by atoms with Gasteiger partial charge >= 0.3 is 0 Å². The van der Waals surface area contributed by atoms with E-state index < -0.39 is 0 Å². The number of hydrogen-bond acceptors (Lipinski definition) is 3. The Kier molecular flexibility index (Phi) is 5.36. The minimum absolute atomic E-state index is 0.886. The van der Waals surface area contributed by atoms with Gasteiger partial charge in [0.1, 0.15) is 0 Å². The van der Waals surface area contributed by atoms with Gasteiger partial charge in [0.15, 0.2) is 0 Å². The fourth-order valence-electron chi connectivity index (χ4n) is 4.16. The van der Waals surface area contributed by atoms with Gasteiger partial charge in [-0.3, -0.25) is 0 Å². The molecule has 0 aromatic rings. The zero-order valence-electron chi connectivity index (χ0n) is 13.3. The highest BCUT2D eigenvalue weighted by molar-refractivity contribution is 4.89. The first-order chi connectivity index (χ1) is 9.83. The van der Waals surface area contributed by atoms with Crippen molar-refractivity contribution in [2.75, 3.05) is 39.8 Å². The van der Waals surface area contributed by atoms with Crippen LogP contribution in [0.2, 0.25) is 0 Å². The van der Waals surface area contributed by atoms with E-state index in [0.29, 0.717) is 0 Å². The van der Waals surface area contributed by atoms with Crippen LogP contribution in [0.1, 0.15) is 51.4 Å². The molecule has 0 bridgehead atoms. The Morgan fingerprint density at radius 2 is 1.90 bits per heavy atom. The van der Waals surface area contributed by atoms with Gasteiger partial charge in [0.25, 0.3) is 0 Å². The van der Waals surface area contributed by atoms with E-state index in [0.717, 1.165) is 18.0 Å². The molecule has 0 spiro atoms. The molecular weight excluding hydrogens is 246 g/mol. The molecule has 20 heavy (non-hydrogen) atoms. The Balaban J connectivity index is 1.27. The molecule has 2 unspecified atom stereocenters. The topological polar surface area (TPSA) is 18.5 Å². The van der Waals surface area contributed by atoms with Crippen LogP contribution < -0.4 is 5.32 Å². The van der Waals surface area contributed by atoms with Crippen molar-refractivity contribution in [2.24, 2.45) is 5.92 Å². The number of likely N-dealkylation sites (tertiary alicyclic amines) is 2. The lowest BCUT2D eigenvalue weighted by atomic mass is 9.84. The molecule has 2 saturated heterocycles. The molecule has 1 N–H and O–H groups in total. The maximum atomic E-state index is 3.62. The quantitative estimate of drug-likeness (QED) is 0.722. The Labute approximate surface area is 125 Å². The van der Waals surface area contributed by atoms with Crippen LogP contribution in [0, 0.1) is 5.92 Å². The van der Waals surface area contributed by atoms with E-state index in [-0.39, 0.29) is 0 Å². The number of unbranched alkanes of at least 4 members (excludes halogenated alkanes) is 2. The predicted octanol–water partition coefficient (Wildman–Crippen LogP) is 2.32. The van der Waals surface area contributed by atoms with Gasteiger partial charge in [-0.15, -0.1) is 0 Å². The molecule has 2 heterocycles. The third-order valence-electron chi connectivity index (χ3n) is 5.59. The molecule has 3 rings (SSSR count). The zero-order chi connectivity index (χ0) is 13.8. The number of rotatable bonds is 7. The minimum atomic E-state index is 0.886. The van der Waals surface area contributed by atoms with Crippen molar-refractivity contribution in [1.29, 1.82) is 0 Å². The number of fused-ring (bicyclic) bond motifs is 1. The monoisotopic (exact) mass is 279 g/mol. The fraction of sp³-hybridized carbons (Fsp3) is 1.00. The number of nitrogens with one attached hydrogen (secondary N) is 1. The van der Waals surface area contributed by atoms with Crippen molar-refractivity contribution < 1.29 is 0 Å². The van der Waals surface area contributed by atoms with Crippen molar-refractivity contribution in [2.45, 2.75) is 63.5 Å². The maximum Gasteiger partial charge on any atom is 0.0145 e. The summed E-state index contributed by atoms with van der Waals surface area (Å²) in [6.07, 6.45) is 11.3. The van der Waals surface area contributed by atoms with Crippen LogP contribution in [0.3, 0.4) is 0 Å². The molecular formula is C17H33N3. The highest BCUT2D eigenvalue weighted by atomic mass is 15.2. The van der Waals surface area contributed by atoms with Gasteiger partial charge in [-0.25, -0.2) is 0 Å². The van der Waals surface area contributed by atoms with E-state index in [1.54, 1.807) is 0 Å². The Bertz CT molecular complexity index is 290.